The highest BCUT2D eigenvalue weighted by atomic mass is 79.9. The van der Waals surface area contributed by atoms with Gasteiger partial charge in [-0.25, -0.2) is 12.8 Å². The van der Waals surface area contributed by atoms with Crippen molar-refractivity contribution in [3.63, 3.8) is 0 Å². The van der Waals surface area contributed by atoms with Crippen LogP contribution in [0, 0.1) is 5.82 Å². The predicted molar refractivity (Wildman–Crippen MR) is 81.8 cm³/mol. The Balaban J connectivity index is 1.93. The van der Waals surface area contributed by atoms with Gasteiger partial charge in [0.2, 0.25) is 10.0 Å². The van der Waals surface area contributed by atoms with Gasteiger partial charge in [0.25, 0.3) is 0 Å². The molecule has 1 atom stereocenters. The molecule has 1 aliphatic heterocycles. The summed E-state index contributed by atoms with van der Waals surface area (Å²) in [4.78, 5) is 0. The molecule has 0 bridgehead atoms. The molecule has 0 spiro atoms. The summed E-state index contributed by atoms with van der Waals surface area (Å²) < 4.78 is 40.4. The molecule has 0 radical (unpaired) electrons. The summed E-state index contributed by atoms with van der Waals surface area (Å²) in [7, 11) is -3.51. The molecule has 0 aromatic heterocycles. The lowest BCUT2D eigenvalue weighted by molar-refractivity contribution is 0.393. The summed E-state index contributed by atoms with van der Waals surface area (Å²) in [6.45, 7) is 0.944. The summed E-state index contributed by atoms with van der Waals surface area (Å²) in [6.07, 6.45) is 3.83. The van der Waals surface area contributed by atoms with Crippen LogP contribution in [0.3, 0.4) is 0 Å². The van der Waals surface area contributed by atoms with E-state index in [-0.39, 0.29) is 17.5 Å². The van der Waals surface area contributed by atoms with E-state index < -0.39 is 15.8 Å². The molecule has 112 valence electrons. The quantitative estimate of drug-likeness (QED) is 0.844. The number of hydrogen-bond acceptors (Lipinski definition) is 3. The number of rotatable bonds is 5. The lowest BCUT2D eigenvalue weighted by Crippen LogP contribution is -2.36. The van der Waals surface area contributed by atoms with Crippen molar-refractivity contribution in [3.05, 3.63) is 28.5 Å². The third-order valence-electron chi connectivity index (χ3n) is 3.34. The van der Waals surface area contributed by atoms with E-state index in [1.54, 1.807) is 6.07 Å². The highest BCUT2D eigenvalue weighted by Crippen LogP contribution is 2.21. The first-order valence-electron chi connectivity index (χ1n) is 6.65. The number of sulfonamides is 1. The van der Waals surface area contributed by atoms with E-state index in [1.807, 2.05) is 0 Å². The first kappa shape index (κ1) is 15.7. The normalized spacial score (nSPS) is 19.8. The Bertz CT molecular complexity index is 559. The van der Waals surface area contributed by atoms with Crippen LogP contribution in [0.4, 0.5) is 10.1 Å². The first-order valence-corrected chi connectivity index (χ1v) is 9.10. The average Bonchev–Trinajstić information content (AvgIpc) is 2.41. The Hall–Kier alpha value is -0.660. The van der Waals surface area contributed by atoms with Crippen LogP contribution in [0.15, 0.2) is 22.7 Å². The van der Waals surface area contributed by atoms with Crippen LogP contribution >= 0.6 is 15.9 Å². The minimum atomic E-state index is -3.51. The van der Waals surface area contributed by atoms with Crippen molar-refractivity contribution in [1.82, 2.24) is 5.32 Å². The maximum atomic E-state index is 13.6. The fourth-order valence-electron chi connectivity index (χ4n) is 2.26. The van der Waals surface area contributed by atoms with Crippen molar-refractivity contribution in [2.45, 2.75) is 31.7 Å². The molecule has 1 aromatic carbocycles. The number of anilines is 1. The van der Waals surface area contributed by atoms with Crippen molar-refractivity contribution >= 4 is 31.6 Å². The molecule has 1 heterocycles. The Labute approximate surface area is 127 Å². The van der Waals surface area contributed by atoms with Crippen LogP contribution in [0.2, 0.25) is 0 Å². The number of benzene rings is 1. The van der Waals surface area contributed by atoms with Gasteiger partial charge >= 0.3 is 0 Å². The van der Waals surface area contributed by atoms with Gasteiger partial charge in [-0.05, 0) is 44.0 Å². The molecule has 7 heteroatoms. The maximum Gasteiger partial charge on any atom is 0.232 e. The van der Waals surface area contributed by atoms with Crippen molar-refractivity contribution in [2.24, 2.45) is 0 Å². The Morgan fingerprint density at radius 2 is 2.20 bits per heavy atom. The molecule has 1 aromatic rings. The lowest BCUT2D eigenvalue weighted by Gasteiger charge is -2.23. The zero-order valence-corrected chi connectivity index (χ0v) is 13.4. The van der Waals surface area contributed by atoms with Gasteiger partial charge in [-0.2, -0.15) is 0 Å². The topological polar surface area (TPSA) is 58.2 Å². The molecule has 4 nitrogen and oxygen atoms in total. The molecule has 1 unspecified atom stereocenters. The zero-order chi connectivity index (χ0) is 14.6. The van der Waals surface area contributed by atoms with Crippen LogP contribution in [-0.4, -0.2) is 26.8 Å². The Kier molecular flexibility index (Phi) is 5.40. The molecule has 1 fully saturated rings. The van der Waals surface area contributed by atoms with Crippen LogP contribution < -0.4 is 10.0 Å². The molecule has 0 saturated carbocycles. The van der Waals surface area contributed by atoms with E-state index in [0.29, 0.717) is 10.9 Å². The molecule has 1 aliphatic rings. The van der Waals surface area contributed by atoms with Gasteiger partial charge in [-0.1, -0.05) is 22.4 Å². The Morgan fingerprint density at radius 1 is 1.40 bits per heavy atom. The van der Waals surface area contributed by atoms with Crippen LogP contribution in [0.5, 0.6) is 0 Å². The number of nitrogens with one attached hydrogen (secondary N) is 2. The largest absolute Gasteiger partial charge is 0.314 e. The standard InChI is InChI=1S/C13H18BrFN2O2S/c14-10-4-5-13(12(15)9-10)17-20(18,19)8-6-11-3-1-2-7-16-11/h4-5,9,11,16-17H,1-3,6-8H2. The summed E-state index contributed by atoms with van der Waals surface area (Å²) in [5.74, 6) is -0.584. The summed E-state index contributed by atoms with van der Waals surface area (Å²) in [5.41, 5.74) is -0.00944. The summed E-state index contributed by atoms with van der Waals surface area (Å²) >= 11 is 3.13. The second-order valence-corrected chi connectivity index (χ2v) is 7.74. The second kappa shape index (κ2) is 6.87. The predicted octanol–water partition coefficient (Wildman–Crippen LogP) is 2.86. The zero-order valence-electron chi connectivity index (χ0n) is 11.0. The molecule has 1 saturated heterocycles. The lowest BCUT2D eigenvalue weighted by atomic mass is 10.0. The fraction of sp³-hybridized carbons (Fsp3) is 0.538. The minimum absolute atomic E-state index is 0.000169. The van der Waals surface area contributed by atoms with Gasteiger partial charge in [0.05, 0.1) is 11.4 Å². The average molecular weight is 365 g/mol. The van der Waals surface area contributed by atoms with E-state index in [9.17, 15) is 12.8 Å². The fourth-order valence-corrected chi connectivity index (χ4v) is 3.79. The van der Waals surface area contributed by atoms with Gasteiger partial charge in [-0.3, -0.25) is 4.72 Å². The Morgan fingerprint density at radius 3 is 2.85 bits per heavy atom. The molecule has 20 heavy (non-hydrogen) atoms. The van der Waals surface area contributed by atoms with Crippen molar-refractivity contribution < 1.29 is 12.8 Å². The van der Waals surface area contributed by atoms with E-state index >= 15 is 0 Å². The second-order valence-electron chi connectivity index (χ2n) is 4.98. The highest BCUT2D eigenvalue weighted by molar-refractivity contribution is 9.10. The van der Waals surface area contributed by atoms with Gasteiger partial charge in [0.15, 0.2) is 0 Å². The van der Waals surface area contributed by atoms with E-state index in [2.05, 4.69) is 26.0 Å². The van der Waals surface area contributed by atoms with Gasteiger partial charge < -0.3 is 5.32 Å². The monoisotopic (exact) mass is 364 g/mol. The molecule has 2 rings (SSSR count). The molecule has 0 aliphatic carbocycles. The van der Waals surface area contributed by atoms with E-state index in [1.165, 1.54) is 12.1 Å². The smallest absolute Gasteiger partial charge is 0.232 e. The third kappa shape index (κ3) is 4.71. The summed E-state index contributed by atoms with van der Waals surface area (Å²) in [6, 6.07) is 4.50. The molecule has 0 amide bonds. The number of piperidine rings is 1. The molecular weight excluding hydrogens is 347 g/mol. The van der Waals surface area contributed by atoms with Gasteiger partial charge in [-0.15, -0.1) is 0 Å². The number of hydrogen-bond donors (Lipinski definition) is 2. The minimum Gasteiger partial charge on any atom is -0.314 e. The van der Waals surface area contributed by atoms with E-state index in [0.717, 1.165) is 25.8 Å². The number of halogens is 2. The maximum absolute atomic E-state index is 13.6. The van der Waals surface area contributed by atoms with Gasteiger partial charge in [0.1, 0.15) is 5.82 Å². The third-order valence-corrected chi connectivity index (χ3v) is 5.14. The molecular formula is C13H18BrFN2O2S. The highest BCUT2D eigenvalue weighted by Gasteiger charge is 2.18. The van der Waals surface area contributed by atoms with Crippen molar-refractivity contribution in [1.29, 1.82) is 0 Å². The SMILES string of the molecule is O=S(=O)(CCC1CCCCN1)Nc1ccc(Br)cc1F. The van der Waals surface area contributed by atoms with Crippen molar-refractivity contribution in [2.75, 3.05) is 17.0 Å². The van der Waals surface area contributed by atoms with Crippen LogP contribution in [0.1, 0.15) is 25.7 Å². The van der Waals surface area contributed by atoms with Crippen LogP contribution in [0.25, 0.3) is 0 Å². The summed E-state index contributed by atoms with van der Waals surface area (Å²) in [5, 5.41) is 3.30. The van der Waals surface area contributed by atoms with E-state index in [4.69, 9.17) is 0 Å². The van der Waals surface area contributed by atoms with Gasteiger partial charge in [0, 0.05) is 10.5 Å². The van der Waals surface area contributed by atoms with Crippen LogP contribution in [-0.2, 0) is 10.0 Å². The first-order chi connectivity index (χ1) is 9.46. The molecule has 2 N–H and O–H groups in total. The van der Waals surface area contributed by atoms with Crippen molar-refractivity contribution in [3.8, 4) is 0 Å².